The Morgan fingerprint density at radius 1 is 0.323 bits per heavy atom. The van der Waals surface area contributed by atoms with E-state index < -0.39 is 5.41 Å². The van der Waals surface area contributed by atoms with Gasteiger partial charge < -0.3 is 9.47 Å². The summed E-state index contributed by atoms with van der Waals surface area (Å²) in [4.78, 5) is 2.50. The number of nitrogens with zero attached hydrogens (tertiary/aromatic N) is 2. The van der Waals surface area contributed by atoms with Gasteiger partial charge in [-0.3, -0.25) is 0 Å². The van der Waals surface area contributed by atoms with Crippen LogP contribution in [0.3, 0.4) is 0 Å². The second kappa shape index (κ2) is 13.8. The molecule has 1 aromatic heterocycles. The van der Waals surface area contributed by atoms with Crippen molar-refractivity contribution in [2.75, 3.05) is 4.90 Å². The van der Waals surface area contributed by atoms with E-state index in [-0.39, 0.29) is 0 Å². The van der Waals surface area contributed by atoms with Crippen LogP contribution in [-0.2, 0) is 5.41 Å². The zero-order valence-corrected chi connectivity index (χ0v) is 35.5. The first-order valence-corrected chi connectivity index (χ1v) is 22.6. The molecule has 1 atom stereocenters. The van der Waals surface area contributed by atoms with E-state index in [9.17, 15) is 0 Å². The Hall–Kier alpha value is -8.46. The van der Waals surface area contributed by atoms with Crippen LogP contribution in [0.4, 0.5) is 17.1 Å². The van der Waals surface area contributed by atoms with Gasteiger partial charge in [-0.25, -0.2) is 0 Å². The molecule has 2 aliphatic carbocycles. The van der Waals surface area contributed by atoms with Crippen LogP contribution in [0.15, 0.2) is 243 Å². The molecule has 302 valence electrons. The van der Waals surface area contributed by atoms with Crippen LogP contribution in [0.1, 0.15) is 22.3 Å². The molecule has 0 saturated heterocycles. The van der Waals surface area contributed by atoms with Gasteiger partial charge in [0, 0.05) is 33.2 Å². The summed E-state index contributed by atoms with van der Waals surface area (Å²) in [5, 5.41) is 7.49. The third kappa shape index (κ3) is 4.99. The number of aromatic nitrogens is 1. The molecule has 1 unspecified atom stereocenters. The van der Waals surface area contributed by atoms with Crippen LogP contribution in [-0.4, -0.2) is 4.57 Å². The van der Waals surface area contributed by atoms with Gasteiger partial charge >= 0.3 is 0 Å². The Kier molecular flexibility index (Phi) is 7.64. The molecule has 11 aromatic carbocycles. The van der Waals surface area contributed by atoms with Gasteiger partial charge in [-0.2, -0.15) is 0 Å². The van der Waals surface area contributed by atoms with E-state index >= 15 is 0 Å². The van der Waals surface area contributed by atoms with Gasteiger partial charge in [0.25, 0.3) is 0 Å². The Morgan fingerprint density at radius 2 is 0.877 bits per heavy atom. The van der Waals surface area contributed by atoms with Crippen molar-refractivity contribution in [1.29, 1.82) is 0 Å². The quantitative estimate of drug-likeness (QED) is 0.168. The summed E-state index contributed by atoms with van der Waals surface area (Å²) in [6.07, 6.45) is 0. The standard InChI is InChI=1S/C63H40N2/c1-3-17-41(18-4-1)46-37-38-54-49-25-10-13-29-56(49)63(57-30-16-27-53(46)62(54)57)55-28-12-9-24-48(55)50-35-33-44(39-58(50)63)64(59-32-15-20-42-19-7-8-23-47(42)59)45-34-36-52-51-26-11-14-31-60(51)65(61(52)40-45)43-21-5-2-6-22-43/h1-40H. The molecule has 2 aliphatic rings. The average Bonchev–Trinajstić information content (AvgIpc) is 3.86. The van der Waals surface area contributed by atoms with Crippen LogP contribution in [0.5, 0.6) is 0 Å². The van der Waals surface area contributed by atoms with Gasteiger partial charge in [0.05, 0.1) is 22.1 Å². The van der Waals surface area contributed by atoms with Crippen molar-refractivity contribution < 1.29 is 0 Å². The van der Waals surface area contributed by atoms with Crippen LogP contribution >= 0.6 is 0 Å². The Bertz CT molecular complexity index is 3890. The molecule has 12 aromatic rings. The molecule has 1 spiro atoms. The van der Waals surface area contributed by atoms with E-state index in [0.717, 1.165) is 22.7 Å². The maximum atomic E-state index is 2.52. The summed E-state index contributed by atoms with van der Waals surface area (Å²) in [5.74, 6) is 0. The predicted octanol–water partition coefficient (Wildman–Crippen LogP) is 16.6. The maximum Gasteiger partial charge on any atom is 0.0726 e. The predicted molar refractivity (Wildman–Crippen MR) is 272 cm³/mol. The first kappa shape index (κ1) is 36.1. The smallest absolute Gasteiger partial charge is 0.0726 e. The summed E-state index contributed by atoms with van der Waals surface area (Å²) in [5.41, 5.74) is 19.2. The van der Waals surface area contributed by atoms with E-state index in [2.05, 4.69) is 252 Å². The number of benzene rings is 11. The van der Waals surface area contributed by atoms with E-state index in [1.807, 2.05) is 0 Å². The van der Waals surface area contributed by atoms with Crippen molar-refractivity contribution in [3.05, 3.63) is 265 Å². The fraction of sp³-hybridized carbons (Fsp3) is 0.0159. The third-order valence-electron chi connectivity index (χ3n) is 14.4. The van der Waals surface area contributed by atoms with Crippen molar-refractivity contribution >= 4 is 60.4 Å². The lowest BCUT2D eigenvalue weighted by Crippen LogP contribution is -2.32. The highest BCUT2D eigenvalue weighted by Crippen LogP contribution is 2.63. The SMILES string of the molecule is c1ccc(-c2ccc3c4c(cccc24)C2(c4ccccc4-c4ccc(N(c5ccc6c7ccccc7n(-c7ccccc7)c6c5)c5cccc6ccccc56)cc42)c2ccccc2-3)cc1. The topological polar surface area (TPSA) is 8.17 Å². The number of para-hydroxylation sites is 2. The molecule has 14 rings (SSSR count). The van der Waals surface area contributed by atoms with Gasteiger partial charge in [0.1, 0.15) is 0 Å². The molecule has 0 saturated carbocycles. The molecule has 2 heteroatoms. The maximum absolute atomic E-state index is 2.52. The largest absolute Gasteiger partial charge is 0.310 e. The fourth-order valence-electron chi connectivity index (χ4n) is 11.8. The lowest BCUT2D eigenvalue weighted by atomic mass is 9.61. The van der Waals surface area contributed by atoms with Gasteiger partial charge in [-0.05, 0) is 120 Å². The van der Waals surface area contributed by atoms with E-state index in [1.54, 1.807) is 0 Å². The molecule has 0 radical (unpaired) electrons. The third-order valence-corrected chi connectivity index (χ3v) is 14.4. The van der Waals surface area contributed by atoms with Crippen LogP contribution in [0.25, 0.3) is 82.4 Å². The summed E-state index contributed by atoms with van der Waals surface area (Å²) < 4.78 is 2.42. The minimum Gasteiger partial charge on any atom is -0.310 e. The first-order chi connectivity index (χ1) is 32.3. The van der Waals surface area contributed by atoms with Crippen molar-refractivity contribution in [1.82, 2.24) is 4.57 Å². The number of hydrogen-bond donors (Lipinski definition) is 0. The van der Waals surface area contributed by atoms with Gasteiger partial charge in [-0.15, -0.1) is 0 Å². The Balaban J connectivity index is 1.08. The molecule has 65 heavy (non-hydrogen) atoms. The lowest BCUT2D eigenvalue weighted by molar-refractivity contribution is 0.773. The van der Waals surface area contributed by atoms with E-state index in [4.69, 9.17) is 0 Å². The monoisotopic (exact) mass is 824 g/mol. The highest BCUT2D eigenvalue weighted by Gasteiger charge is 2.50. The molecular weight excluding hydrogens is 785 g/mol. The molecule has 1 heterocycles. The number of anilines is 3. The summed E-state index contributed by atoms with van der Waals surface area (Å²) >= 11 is 0. The van der Waals surface area contributed by atoms with Crippen molar-refractivity contribution in [2.45, 2.75) is 5.41 Å². The lowest BCUT2D eigenvalue weighted by Gasteiger charge is -2.40. The Morgan fingerprint density at radius 3 is 1.71 bits per heavy atom. The molecule has 0 N–H and O–H groups in total. The zero-order chi connectivity index (χ0) is 42.6. The molecule has 0 aliphatic heterocycles. The first-order valence-electron chi connectivity index (χ1n) is 22.6. The average molecular weight is 825 g/mol. The van der Waals surface area contributed by atoms with E-state index in [1.165, 1.54) is 99.0 Å². The number of rotatable bonds is 5. The molecular formula is C63H40N2. The van der Waals surface area contributed by atoms with Crippen LogP contribution in [0, 0.1) is 0 Å². The summed E-state index contributed by atoms with van der Waals surface area (Å²) in [6, 6.07) is 90.3. The number of hydrogen-bond acceptors (Lipinski definition) is 1. The van der Waals surface area contributed by atoms with E-state index in [0.29, 0.717) is 0 Å². The molecule has 0 bridgehead atoms. The highest BCUT2D eigenvalue weighted by atomic mass is 15.1. The second-order valence-electron chi connectivity index (χ2n) is 17.5. The molecule has 0 amide bonds. The summed E-state index contributed by atoms with van der Waals surface area (Å²) in [7, 11) is 0. The van der Waals surface area contributed by atoms with Gasteiger partial charge in [-0.1, -0.05) is 194 Å². The van der Waals surface area contributed by atoms with Crippen molar-refractivity contribution in [3.63, 3.8) is 0 Å². The van der Waals surface area contributed by atoms with Gasteiger partial charge in [0.15, 0.2) is 0 Å². The van der Waals surface area contributed by atoms with Crippen molar-refractivity contribution in [2.24, 2.45) is 0 Å². The second-order valence-corrected chi connectivity index (χ2v) is 17.5. The minimum absolute atomic E-state index is 0.575. The van der Waals surface area contributed by atoms with Crippen molar-refractivity contribution in [3.8, 4) is 39.1 Å². The fourth-order valence-corrected chi connectivity index (χ4v) is 11.8. The summed E-state index contributed by atoms with van der Waals surface area (Å²) in [6.45, 7) is 0. The zero-order valence-electron chi connectivity index (χ0n) is 35.5. The van der Waals surface area contributed by atoms with Gasteiger partial charge in [0.2, 0.25) is 0 Å². The number of fused-ring (bicyclic) bond motifs is 13. The normalized spacial score (nSPS) is 14.5. The molecule has 0 fully saturated rings. The minimum atomic E-state index is -0.575. The van der Waals surface area contributed by atoms with Crippen LogP contribution in [0.2, 0.25) is 0 Å². The van der Waals surface area contributed by atoms with Crippen LogP contribution < -0.4 is 4.90 Å². The Labute approximate surface area is 377 Å². The molecule has 2 nitrogen and oxygen atoms in total. The highest BCUT2D eigenvalue weighted by molar-refractivity contribution is 6.13.